The third kappa shape index (κ3) is 2.87. The van der Waals surface area contributed by atoms with Gasteiger partial charge in [0.25, 0.3) is 5.56 Å². The first-order valence-corrected chi connectivity index (χ1v) is 11.4. The molecule has 6 rings (SSSR count). The van der Waals surface area contributed by atoms with Gasteiger partial charge in [-0.2, -0.15) is 0 Å². The van der Waals surface area contributed by atoms with E-state index in [0.717, 1.165) is 27.1 Å². The van der Waals surface area contributed by atoms with Crippen molar-refractivity contribution in [1.82, 2.24) is 13.7 Å². The van der Waals surface area contributed by atoms with Crippen LogP contribution in [0.1, 0.15) is 22.9 Å². The molecule has 7 heteroatoms. The first-order valence-electron chi connectivity index (χ1n) is 11.4. The normalized spacial score (nSPS) is 14.5. The molecule has 6 nitrogen and oxygen atoms in total. The molecule has 0 saturated carbocycles. The zero-order valence-electron chi connectivity index (χ0n) is 19.5. The number of benzene rings is 3. The van der Waals surface area contributed by atoms with E-state index in [9.17, 15) is 9.59 Å². The summed E-state index contributed by atoms with van der Waals surface area (Å²) in [7, 11) is 3.15. The van der Waals surface area contributed by atoms with Gasteiger partial charge in [0.1, 0.15) is 5.82 Å². The molecular weight excluding hydrogens is 443 g/mol. The Morgan fingerprint density at radius 3 is 2.31 bits per heavy atom. The Morgan fingerprint density at radius 1 is 0.857 bits per heavy atom. The molecule has 0 fully saturated rings. The second-order valence-electron chi connectivity index (χ2n) is 8.93. The van der Waals surface area contributed by atoms with Gasteiger partial charge < -0.3 is 9.88 Å². The molecule has 35 heavy (non-hydrogen) atoms. The van der Waals surface area contributed by atoms with Crippen LogP contribution >= 0.6 is 0 Å². The van der Waals surface area contributed by atoms with Crippen molar-refractivity contribution in [1.29, 1.82) is 0 Å². The van der Waals surface area contributed by atoms with E-state index in [1.54, 1.807) is 25.2 Å². The number of aryl methyl sites for hydroxylation is 2. The zero-order valence-corrected chi connectivity index (χ0v) is 19.5. The summed E-state index contributed by atoms with van der Waals surface area (Å²) in [5.41, 5.74) is 4.97. The Kier molecular flexibility index (Phi) is 4.57. The molecule has 1 atom stereocenters. The highest BCUT2D eigenvalue weighted by Gasteiger charge is 2.35. The van der Waals surface area contributed by atoms with Crippen molar-refractivity contribution in [3.05, 3.63) is 116 Å². The van der Waals surface area contributed by atoms with Crippen LogP contribution in [0.2, 0.25) is 0 Å². The van der Waals surface area contributed by atoms with Gasteiger partial charge in [0, 0.05) is 25.2 Å². The van der Waals surface area contributed by atoms with Crippen molar-refractivity contribution in [3.63, 3.8) is 0 Å². The minimum absolute atomic E-state index is 0.364. The lowest BCUT2D eigenvalue weighted by Crippen LogP contribution is -2.37. The van der Waals surface area contributed by atoms with Crippen LogP contribution in [-0.2, 0) is 14.1 Å². The van der Waals surface area contributed by atoms with Crippen LogP contribution in [0.4, 0.5) is 10.1 Å². The molecule has 0 saturated heterocycles. The zero-order chi connectivity index (χ0) is 24.4. The van der Waals surface area contributed by atoms with Crippen molar-refractivity contribution in [2.45, 2.75) is 13.0 Å². The molecule has 3 heterocycles. The smallest absolute Gasteiger partial charge is 0.331 e. The molecule has 5 aromatic rings. The predicted molar refractivity (Wildman–Crippen MR) is 136 cm³/mol. The summed E-state index contributed by atoms with van der Waals surface area (Å²) in [5.74, 6) is -0.364. The highest BCUT2D eigenvalue weighted by Crippen LogP contribution is 2.46. The third-order valence-electron chi connectivity index (χ3n) is 6.94. The number of hydrogen-bond donors (Lipinski definition) is 1. The van der Waals surface area contributed by atoms with Gasteiger partial charge in [-0.05, 0) is 30.7 Å². The second kappa shape index (κ2) is 7.56. The first-order chi connectivity index (χ1) is 16.9. The number of para-hydroxylation sites is 2. The summed E-state index contributed by atoms with van der Waals surface area (Å²) in [4.78, 5) is 26.8. The topological polar surface area (TPSA) is 61.0 Å². The molecule has 0 unspecified atom stereocenters. The Morgan fingerprint density at radius 2 is 1.54 bits per heavy atom. The number of nitrogens with one attached hydrogen (secondary N) is 1. The number of rotatable bonds is 2. The monoisotopic (exact) mass is 466 g/mol. The summed E-state index contributed by atoms with van der Waals surface area (Å²) >= 11 is 0. The minimum atomic E-state index is -0.621. The molecule has 0 bridgehead atoms. The Labute approximate surface area is 200 Å². The number of nitrogens with zero attached hydrogens (tertiary/aromatic N) is 3. The van der Waals surface area contributed by atoms with E-state index in [1.807, 2.05) is 60.0 Å². The van der Waals surface area contributed by atoms with E-state index in [-0.39, 0.29) is 11.4 Å². The van der Waals surface area contributed by atoms with Crippen LogP contribution in [0.15, 0.2) is 82.4 Å². The van der Waals surface area contributed by atoms with Crippen LogP contribution < -0.4 is 16.6 Å². The average Bonchev–Trinajstić information content (AvgIpc) is 3.23. The lowest BCUT2D eigenvalue weighted by molar-refractivity contribution is 0.599. The highest BCUT2D eigenvalue weighted by molar-refractivity contribution is 5.99. The standard InChI is InChI=1S/C28H23FN4O2/c1-16-10-4-5-11-17(16)24-22-25(31(2)28(35)32(3)27(22)34)26-23(18-12-6-7-13-19(18)29)30-20-14-8-9-15-21(20)33(24)26/h4-15,23,30H,1-3H3/t23-/m0/s1. The van der Waals surface area contributed by atoms with E-state index >= 15 is 4.39 Å². The molecule has 3 aromatic carbocycles. The number of fused-ring (bicyclic) bond motifs is 5. The van der Waals surface area contributed by atoms with Crippen LogP contribution in [0.5, 0.6) is 0 Å². The number of anilines is 1. The maximum Gasteiger partial charge on any atom is 0.331 e. The molecule has 174 valence electrons. The molecule has 1 aliphatic rings. The highest BCUT2D eigenvalue weighted by atomic mass is 19.1. The maximum atomic E-state index is 15.2. The van der Waals surface area contributed by atoms with E-state index in [2.05, 4.69) is 5.32 Å². The fraction of sp³-hybridized carbons (Fsp3) is 0.143. The van der Waals surface area contributed by atoms with E-state index in [4.69, 9.17) is 0 Å². The third-order valence-corrected chi connectivity index (χ3v) is 6.94. The van der Waals surface area contributed by atoms with Gasteiger partial charge in [-0.15, -0.1) is 0 Å². The van der Waals surface area contributed by atoms with Gasteiger partial charge in [0.15, 0.2) is 0 Å². The quantitative estimate of drug-likeness (QED) is 0.412. The number of halogens is 1. The second-order valence-corrected chi connectivity index (χ2v) is 8.93. The summed E-state index contributed by atoms with van der Waals surface area (Å²) in [5, 5.41) is 3.91. The van der Waals surface area contributed by atoms with Gasteiger partial charge in [0.2, 0.25) is 0 Å². The van der Waals surface area contributed by atoms with Crippen LogP contribution in [0.3, 0.4) is 0 Å². The van der Waals surface area contributed by atoms with Crippen molar-refractivity contribution >= 4 is 16.6 Å². The van der Waals surface area contributed by atoms with Crippen LogP contribution in [0, 0.1) is 12.7 Å². The minimum Gasteiger partial charge on any atom is -0.371 e. The fourth-order valence-electron chi connectivity index (χ4n) is 5.25. The van der Waals surface area contributed by atoms with Gasteiger partial charge in [0.05, 0.1) is 39.7 Å². The molecule has 0 radical (unpaired) electrons. The summed E-state index contributed by atoms with van der Waals surface area (Å²) < 4.78 is 19.8. The first kappa shape index (κ1) is 21.2. The lowest BCUT2D eigenvalue weighted by Gasteiger charge is -2.31. The van der Waals surface area contributed by atoms with E-state index in [0.29, 0.717) is 27.9 Å². The SMILES string of the molecule is Cc1ccccc1-c1c2c(=O)n(C)c(=O)n(C)c2c2n1-c1ccccc1N[C@H]2c1ccccc1F. The predicted octanol–water partition coefficient (Wildman–Crippen LogP) is 4.66. The molecule has 1 N–H and O–H groups in total. The van der Waals surface area contributed by atoms with E-state index < -0.39 is 11.7 Å². The van der Waals surface area contributed by atoms with Crippen molar-refractivity contribution in [2.75, 3.05) is 5.32 Å². The average molecular weight is 467 g/mol. The van der Waals surface area contributed by atoms with Gasteiger partial charge in [-0.25, -0.2) is 9.18 Å². The lowest BCUT2D eigenvalue weighted by atomic mass is 9.99. The van der Waals surface area contributed by atoms with Crippen molar-refractivity contribution in [2.24, 2.45) is 14.1 Å². The van der Waals surface area contributed by atoms with Gasteiger partial charge in [-0.1, -0.05) is 54.6 Å². The molecule has 0 spiro atoms. The molecule has 2 aromatic heterocycles. The van der Waals surface area contributed by atoms with Gasteiger partial charge in [-0.3, -0.25) is 13.9 Å². The molecule has 0 aliphatic carbocycles. The number of aromatic nitrogens is 3. The Bertz CT molecular complexity index is 1780. The summed E-state index contributed by atoms with van der Waals surface area (Å²) in [6, 6.07) is 21.6. The molecule has 1 aliphatic heterocycles. The van der Waals surface area contributed by atoms with Crippen molar-refractivity contribution in [3.8, 4) is 16.9 Å². The Balaban J connectivity index is 1.90. The Hall–Kier alpha value is -4.39. The maximum absolute atomic E-state index is 15.2. The van der Waals surface area contributed by atoms with Crippen LogP contribution in [0.25, 0.3) is 27.8 Å². The number of hydrogen-bond acceptors (Lipinski definition) is 3. The fourth-order valence-corrected chi connectivity index (χ4v) is 5.25. The molecular formula is C28H23FN4O2. The van der Waals surface area contributed by atoms with Gasteiger partial charge >= 0.3 is 5.69 Å². The molecule has 0 amide bonds. The van der Waals surface area contributed by atoms with Crippen molar-refractivity contribution < 1.29 is 4.39 Å². The van der Waals surface area contributed by atoms with Crippen LogP contribution in [-0.4, -0.2) is 13.7 Å². The largest absolute Gasteiger partial charge is 0.371 e. The van der Waals surface area contributed by atoms with E-state index in [1.165, 1.54) is 17.7 Å². The summed E-state index contributed by atoms with van der Waals surface area (Å²) in [6.45, 7) is 1.99. The summed E-state index contributed by atoms with van der Waals surface area (Å²) in [6.07, 6.45) is 0.